The minimum Gasteiger partial charge on any atom is -0.452 e. The van der Waals surface area contributed by atoms with E-state index < -0.39 is 0 Å². The van der Waals surface area contributed by atoms with Crippen LogP contribution in [0.3, 0.4) is 0 Å². The third-order valence-electron chi connectivity index (χ3n) is 2.30. The van der Waals surface area contributed by atoms with E-state index in [9.17, 15) is 9.59 Å². The Hall–Kier alpha value is -1.94. The second-order valence-corrected chi connectivity index (χ2v) is 7.28. The molecule has 0 aliphatic heterocycles. The molecule has 0 aromatic carbocycles. The highest BCUT2D eigenvalue weighted by Gasteiger charge is 2.07. The van der Waals surface area contributed by atoms with Gasteiger partial charge in [0.05, 0.1) is 0 Å². The zero-order valence-electron chi connectivity index (χ0n) is 15.2. The first kappa shape index (κ1) is 21.1. The van der Waals surface area contributed by atoms with Crippen molar-refractivity contribution in [1.29, 1.82) is 0 Å². The maximum absolute atomic E-state index is 11.5. The van der Waals surface area contributed by atoms with Crippen molar-refractivity contribution in [3.05, 3.63) is 0 Å². The Labute approximate surface area is 140 Å². The van der Waals surface area contributed by atoms with E-state index >= 15 is 0 Å². The molecule has 0 aromatic rings. The van der Waals surface area contributed by atoms with Crippen LogP contribution in [0.1, 0.15) is 60.8 Å². The molecule has 0 amide bonds. The summed E-state index contributed by atoms with van der Waals surface area (Å²) in [5, 5.41) is 0. The summed E-state index contributed by atoms with van der Waals surface area (Å²) in [7, 11) is 0. The summed E-state index contributed by atoms with van der Waals surface area (Å²) in [6.07, 6.45) is 0.761. The summed E-state index contributed by atoms with van der Waals surface area (Å²) in [6, 6.07) is 0. The van der Waals surface area contributed by atoms with Crippen molar-refractivity contribution in [3.63, 3.8) is 0 Å². The van der Waals surface area contributed by atoms with Gasteiger partial charge in [0.2, 0.25) is 0 Å². The summed E-state index contributed by atoms with van der Waals surface area (Å²) in [5.74, 6) is 10.9. The smallest absolute Gasteiger partial charge is 0.306 e. The zero-order valence-corrected chi connectivity index (χ0v) is 15.2. The predicted molar refractivity (Wildman–Crippen MR) is 90.2 cm³/mol. The minimum atomic E-state index is -0.353. The van der Waals surface area contributed by atoms with Gasteiger partial charge in [-0.1, -0.05) is 23.7 Å². The molecule has 0 radical (unpaired) electrons. The van der Waals surface area contributed by atoms with Gasteiger partial charge in [0, 0.05) is 23.7 Å². The third kappa shape index (κ3) is 16.3. The second kappa shape index (κ2) is 9.95. The summed E-state index contributed by atoms with van der Waals surface area (Å²) >= 11 is 0. The summed E-state index contributed by atoms with van der Waals surface area (Å²) < 4.78 is 9.94. The summed E-state index contributed by atoms with van der Waals surface area (Å²) in [4.78, 5) is 22.9. The molecule has 0 heterocycles. The van der Waals surface area contributed by atoms with Gasteiger partial charge in [-0.15, -0.1) is 0 Å². The lowest BCUT2D eigenvalue weighted by Gasteiger charge is -2.07. The fourth-order valence-corrected chi connectivity index (χ4v) is 1.36. The molecule has 128 valence electrons. The van der Waals surface area contributed by atoms with Crippen molar-refractivity contribution < 1.29 is 19.1 Å². The Morgan fingerprint density at radius 3 is 1.39 bits per heavy atom. The maximum Gasteiger partial charge on any atom is 0.306 e. The molecule has 0 spiro atoms. The average molecular weight is 320 g/mol. The Morgan fingerprint density at radius 2 is 1.09 bits per heavy atom. The molecule has 0 saturated heterocycles. The molecule has 0 aliphatic rings. The van der Waals surface area contributed by atoms with Crippen LogP contribution in [0.2, 0.25) is 0 Å². The van der Waals surface area contributed by atoms with Crippen LogP contribution < -0.4 is 0 Å². The topological polar surface area (TPSA) is 52.6 Å². The van der Waals surface area contributed by atoms with Crippen LogP contribution in [0, 0.1) is 34.5 Å². The van der Waals surface area contributed by atoms with E-state index in [1.165, 1.54) is 0 Å². The van der Waals surface area contributed by atoms with Crippen molar-refractivity contribution in [3.8, 4) is 23.7 Å². The van der Waals surface area contributed by atoms with Crippen molar-refractivity contribution >= 4 is 11.9 Å². The predicted octanol–water partition coefficient (Wildman–Crippen LogP) is 3.34. The van der Waals surface area contributed by atoms with Gasteiger partial charge < -0.3 is 9.47 Å². The summed E-state index contributed by atoms with van der Waals surface area (Å²) in [6.45, 7) is 12.1. The Morgan fingerprint density at radius 1 is 0.739 bits per heavy atom. The lowest BCUT2D eigenvalue weighted by atomic mass is 9.98. The molecule has 4 heteroatoms. The molecule has 0 N–H and O–H groups in total. The molecular formula is C19H28O4. The highest BCUT2D eigenvalue weighted by Crippen LogP contribution is 2.10. The highest BCUT2D eigenvalue weighted by molar-refractivity contribution is 5.72. The zero-order chi connectivity index (χ0) is 17.9. The van der Waals surface area contributed by atoms with Crippen molar-refractivity contribution in [1.82, 2.24) is 0 Å². The van der Waals surface area contributed by atoms with Crippen LogP contribution >= 0.6 is 0 Å². The Balaban J connectivity index is 3.80. The molecular weight excluding hydrogens is 292 g/mol. The molecule has 0 aliphatic carbocycles. The number of rotatable bonds is 6. The molecule has 0 aromatic heterocycles. The lowest BCUT2D eigenvalue weighted by Crippen LogP contribution is -2.09. The van der Waals surface area contributed by atoms with Gasteiger partial charge in [0.15, 0.2) is 13.2 Å². The largest absolute Gasteiger partial charge is 0.452 e. The highest BCUT2D eigenvalue weighted by atomic mass is 16.5. The van der Waals surface area contributed by atoms with Crippen LogP contribution in [0.4, 0.5) is 0 Å². The van der Waals surface area contributed by atoms with Gasteiger partial charge in [-0.25, -0.2) is 0 Å². The minimum absolute atomic E-state index is 0.0863. The number of hydrogen-bond acceptors (Lipinski definition) is 4. The van der Waals surface area contributed by atoms with E-state index in [0.717, 1.165) is 0 Å². The lowest BCUT2D eigenvalue weighted by molar-refractivity contribution is -0.144. The fourth-order valence-electron chi connectivity index (χ4n) is 1.36. The van der Waals surface area contributed by atoms with Crippen molar-refractivity contribution in [2.45, 2.75) is 60.8 Å². The van der Waals surface area contributed by atoms with Crippen LogP contribution in [-0.2, 0) is 19.1 Å². The SMILES string of the molecule is CC(C)(C)C#CCOC(=O)CCCC(=O)OCC#CC(C)(C)C. The molecule has 0 unspecified atom stereocenters. The fraction of sp³-hybridized carbons (Fsp3) is 0.684. The molecule has 4 nitrogen and oxygen atoms in total. The normalized spacial score (nSPS) is 10.7. The van der Waals surface area contributed by atoms with Crippen LogP contribution in [0.25, 0.3) is 0 Å². The van der Waals surface area contributed by atoms with E-state index in [4.69, 9.17) is 9.47 Å². The molecule has 0 rings (SSSR count). The maximum atomic E-state index is 11.5. The van der Waals surface area contributed by atoms with Crippen LogP contribution in [0.5, 0.6) is 0 Å². The average Bonchev–Trinajstić information content (AvgIpc) is 2.38. The molecule has 0 fully saturated rings. The third-order valence-corrected chi connectivity index (χ3v) is 2.30. The Bertz CT molecular complexity index is 462. The van der Waals surface area contributed by atoms with Gasteiger partial charge in [-0.2, -0.15) is 0 Å². The number of esters is 2. The monoisotopic (exact) mass is 320 g/mol. The summed E-state index contributed by atoms with van der Waals surface area (Å²) in [5.41, 5.74) is -0.210. The first-order valence-corrected chi connectivity index (χ1v) is 7.81. The number of ether oxygens (including phenoxy) is 2. The molecule has 0 saturated carbocycles. The quantitative estimate of drug-likeness (QED) is 0.556. The van der Waals surface area contributed by atoms with E-state index in [-0.39, 0.29) is 48.8 Å². The second-order valence-electron chi connectivity index (χ2n) is 7.28. The van der Waals surface area contributed by atoms with Gasteiger partial charge in [-0.3, -0.25) is 9.59 Å². The molecule has 23 heavy (non-hydrogen) atoms. The van der Waals surface area contributed by atoms with Gasteiger partial charge >= 0.3 is 11.9 Å². The van der Waals surface area contributed by atoms with Crippen LogP contribution in [0.15, 0.2) is 0 Å². The van der Waals surface area contributed by atoms with Crippen molar-refractivity contribution in [2.75, 3.05) is 13.2 Å². The van der Waals surface area contributed by atoms with E-state index in [2.05, 4.69) is 23.7 Å². The van der Waals surface area contributed by atoms with E-state index in [1.807, 2.05) is 41.5 Å². The van der Waals surface area contributed by atoms with Crippen LogP contribution in [-0.4, -0.2) is 25.2 Å². The number of carbonyl (C=O) groups is 2. The van der Waals surface area contributed by atoms with Gasteiger partial charge in [0.1, 0.15) is 0 Å². The van der Waals surface area contributed by atoms with Gasteiger partial charge in [0.25, 0.3) is 0 Å². The van der Waals surface area contributed by atoms with E-state index in [1.54, 1.807) is 0 Å². The Kier molecular flexibility index (Phi) is 9.11. The number of hydrogen-bond donors (Lipinski definition) is 0. The van der Waals surface area contributed by atoms with Crippen molar-refractivity contribution in [2.24, 2.45) is 10.8 Å². The van der Waals surface area contributed by atoms with E-state index in [0.29, 0.717) is 6.42 Å². The molecule has 0 bridgehead atoms. The molecule has 0 atom stereocenters. The first-order valence-electron chi connectivity index (χ1n) is 7.81. The van der Waals surface area contributed by atoms with Gasteiger partial charge in [-0.05, 0) is 48.0 Å². The number of carbonyl (C=O) groups excluding carboxylic acids is 2. The first-order chi connectivity index (χ1) is 10.5. The standard InChI is InChI=1S/C19H28O4/c1-18(2,3)12-8-14-22-16(20)10-7-11-17(21)23-15-9-13-19(4,5)6/h7,10-11,14-15H2,1-6H3.